The molecule has 89 valence electrons. The van der Waals surface area contributed by atoms with Gasteiger partial charge in [-0.25, -0.2) is 0 Å². The molecule has 0 radical (unpaired) electrons. The van der Waals surface area contributed by atoms with Crippen LogP contribution in [0, 0.1) is 39.6 Å². The second-order valence-corrected chi connectivity index (χ2v) is 5.43. The summed E-state index contributed by atoms with van der Waals surface area (Å²) in [5, 5.41) is 16.0. The number of hydrogen-bond acceptors (Lipinski definition) is 2. The van der Waals surface area contributed by atoms with Gasteiger partial charge in [-0.1, -0.05) is 0 Å². The molecule has 0 aliphatic rings. The Bertz CT molecular complexity index is 126. The summed E-state index contributed by atoms with van der Waals surface area (Å²) < 4.78 is 1.51. The van der Waals surface area contributed by atoms with E-state index in [1.54, 1.807) is 0 Å². The smallest absolute Gasteiger partial charge is 0.158 e. The zero-order valence-corrected chi connectivity index (χ0v) is 13.6. The van der Waals surface area contributed by atoms with E-state index >= 15 is 0 Å². The van der Waals surface area contributed by atoms with Crippen LogP contribution in [0.3, 0.4) is 0 Å². The fourth-order valence-electron chi connectivity index (χ4n) is 1.00. The van der Waals surface area contributed by atoms with Crippen molar-refractivity contribution in [1.82, 2.24) is 0 Å². The third-order valence-corrected chi connectivity index (χ3v) is 3.17. The minimum atomic E-state index is -0.127. The minimum absolute atomic E-state index is 0.0602. The number of aliphatic hydroxyl groups is 2. The van der Waals surface area contributed by atoms with Gasteiger partial charge in [0.25, 0.3) is 0 Å². The second-order valence-electron chi connectivity index (χ2n) is 3.39. The van der Waals surface area contributed by atoms with E-state index in [-0.39, 0.29) is 18.1 Å². The monoisotopic (exact) mass is 359 g/mol. The Morgan fingerprint density at radius 2 is 1.67 bits per heavy atom. The first-order chi connectivity index (χ1) is 7.18. The van der Waals surface area contributed by atoms with Crippen molar-refractivity contribution >= 4 is 17.3 Å². The molecule has 15 heavy (non-hydrogen) atoms. The molecule has 0 saturated heterocycles. The summed E-state index contributed by atoms with van der Waals surface area (Å²) in [5.74, 6) is 0. The largest absolute Gasteiger partial charge is 0.502 e. The Morgan fingerprint density at radius 1 is 1.13 bits per heavy atom. The quantitative estimate of drug-likeness (QED) is 0.514. The van der Waals surface area contributed by atoms with Crippen molar-refractivity contribution in [1.29, 1.82) is 0 Å². The van der Waals surface area contributed by atoms with Crippen LogP contribution in [0.15, 0.2) is 0 Å². The molecule has 0 atom stereocenters. The van der Waals surface area contributed by atoms with Crippen LogP contribution < -0.4 is 0 Å². The van der Waals surface area contributed by atoms with Crippen LogP contribution in [0.1, 0.15) is 51.9 Å². The molecule has 2 nitrogen and oxygen atoms in total. The van der Waals surface area contributed by atoms with E-state index in [1.165, 1.54) is 80.1 Å². The predicted octanol–water partition coefficient (Wildman–Crippen LogP) is 3.57. The molecule has 0 aromatic carbocycles. The van der Waals surface area contributed by atoms with E-state index in [2.05, 4.69) is 19.1 Å². The molecule has 2 N–H and O–H groups in total. The number of rotatable bonds is 8. The van der Waals surface area contributed by atoms with Gasteiger partial charge in [0.15, 0.2) is 5.05 Å². The molecule has 0 heterocycles. The summed E-state index contributed by atoms with van der Waals surface area (Å²) in [4.78, 5) is 0. The zero-order valence-electron chi connectivity index (χ0n) is 9.67. The summed E-state index contributed by atoms with van der Waals surface area (Å²) in [5.41, 5.74) is 0. The molecule has 0 aromatic rings. The van der Waals surface area contributed by atoms with Crippen molar-refractivity contribution < 1.29 is 49.9 Å². The first-order valence-electron chi connectivity index (χ1n) is 5.66. The molecule has 0 spiro atoms. The van der Waals surface area contributed by atoms with E-state index in [0.717, 1.165) is 0 Å². The van der Waals surface area contributed by atoms with Gasteiger partial charge in [-0.15, -0.1) is 0 Å². The average molecular weight is 359 g/mol. The third kappa shape index (κ3) is 25.5. The molecule has 0 aliphatic carbocycles. The Morgan fingerprint density at radius 3 is 2.00 bits per heavy atom. The predicted molar refractivity (Wildman–Crippen MR) is 65.1 cm³/mol. The standard InChI is InChI=1S/C8H17.C3H6O2S.Ce/c1-3-5-7-8-6-4-2;4-2-1-3(5)6;/h1,3-8H2,2H3;4H,1-2H2,(H,5,6);. The van der Waals surface area contributed by atoms with Crippen LogP contribution >= 0.6 is 12.2 Å². The molecule has 0 fully saturated rings. The van der Waals surface area contributed by atoms with E-state index in [1.807, 2.05) is 0 Å². The second kappa shape index (κ2) is 17.6. The maximum atomic E-state index is 8.12. The van der Waals surface area contributed by atoms with Crippen LogP contribution in [0.4, 0.5) is 0 Å². The van der Waals surface area contributed by atoms with E-state index in [0.29, 0.717) is 0 Å². The molecule has 0 bridgehead atoms. The maximum Gasteiger partial charge on any atom is 0.158 e. The number of unbranched alkanes of at least 4 members (excludes halogenated alkanes) is 5. The fourth-order valence-corrected chi connectivity index (χ4v) is 1.88. The summed E-state index contributed by atoms with van der Waals surface area (Å²) in [7, 11) is 0. The SMILES string of the molecule is CCCCCCC[CH2][Ce].OCCC(O)=S. The summed E-state index contributed by atoms with van der Waals surface area (Å²) in [6.45, 7) is 2.21. The van der Waals surface area contributed by atoms with Crippen molar-refractivity contribution in [2.75, 3.05) is 6.61 Å². The molecule has 0 rings (SSSR count). The van der Waals surface area contributed by atoms with Crippen LogP contribution in [-0.2, 0) is 0 Å². The molecular formula is C11H23CeO2S. The van der Waals surface area contributed by atoms with Crippen molar-refractivity contribution in [3.05, 3.63) is 0 Å². The van der Waals surface area contributed by atoms with Crippen LogP contribution in [-0.4, -0.2) is 21.9 Å². The summed E-state index contributed by atoms with van der Waals surface area (Å²) in [6.07, 6.45) is 8.98. The van der Waals surface area contributed by atoms with Gasteiger partial charge in [0.2, 0.25) is 0 Å². The molecule has 0 amide bonds. The molecular weight excluding hydrogens is 336 g/mol. The van der Waals surface area contributed by atoms with Gasteiger partial charge >= 0.3 is 87.0 Å². The van der Waals surface area contributed by atoms with Crippen LogP contribution in [0.25, 0.3) is 0 Å². The minimum Gasteiger partial charge on any atom is -0.502 e. The normalized spacial score (nSPS) is 9.13. The van der Waals surface area contributed by atoms with Gasteiger partial charge in [-0.05, 0) is 12.2 Å². The number of thiocarbonyl (C=S) groups is 1. The van der Waals surface area contributed by atoms with Gasteiger partial charge in [-0.3, -0.25) is 0 Å². The fraction of sp³-hybridized carbons (Fsp3) is 0.909. The first-order valence-corrected chi connectivity index (χ1v) is 8.29. The van der Waals surface area contributed by atoms with E-state index in [9.17, 15) is 0 Å². The number of hydrogen-bond donors (Lipinski definition) is 2. The van der Waals surface area contributed by atoms with Gasteiger partial charge in [0.1, 0.15) is 0 Å². The van der Waals surface area contributed by atoms with E-state index in [4.69, 9.17) is 10.2 Å². The number of aliphatic hydroxyl groups excluding tert-OH is 2. The molecule has 0 aromatic heterocycles. The van der Waals surface area contributed by atoms with Crippen molar-refractivity contribution in [2.45, 2.75) is 53.8 Å². The first kappa shape index (κ1) is 18.6. The van der Waals surface area contributed by atoms with Crippen molar-refractivity contribution in [2.24, 2.45) is 0 Å². The molecule has 0 aliphatic heterocycles. The average Bonchev–Trinajstić information content (AvgIpc) is 2.18. The van der Waals surface area contributed by atoms with E-state index < -0.39 is 0 Å². The van der Waals surface area contributed by atoms with Crippen LogP contribution in [0.5, 0.6) is 0 Å². The Kier molecular flexibility index (Phi) is 21.8. The van der Waals surface area contributed by atoms with Gasteiger partial charge in [0, 0.05) is 6.42 Å². The zero-order chi connectivity index (χ0) is 11.9. The maximum absolute atomic E-state index is 8.12. The van der Waals surface area contributed by atoms with Crippen LogP contribution in [0.2, 0.25) is 1.94 Å². The summed E-state index contributed by atoms with van der Waals surface area (Å²) in [6, 6.07) is 0. The third-order valence-electron chi connectivity index (χ3n) is 1.86. The Hall–Kier alpha value is 1.23. The van der Waals surface area contributed by atoms with Gasteiger partial charge in [0.05, 0.1) is 6.61 Å². The van der Waals surface area contributed by atoms with Gasteiger partial charge in [-0.2, -0.15) is 0 Å². The molecule has 0 saturated carbocycles. The van der Waals surface area contributed by atoms with Crippen molar-refractivity contribution in [3.63, 3.8) is 0 Å². The summed E-state index contributed by atoms with van der Waals surface area (Å²) >= 11 is 5.60. The van der Waals surface area contributed by atoms with Gasteiger partial charge < -0.3 is 10.2 Å². The molecule has 4 heteroatoms. The molecule has 0 unspecified atom stereocenters. The van der Waals surface area contributed by atoms with Crippen molar-refractivity contribution in [3.8, 4) is 0 Å². The topological polar surface area (TPSA) is 40.5 Å². The Labute approximate surface area is 126 Å². The Balaban J connectivity index is 0.